The lowest BCUT2D eigenvalue weighted by Gasteiger charge is -2.16. The number of ether oxygens (including phenoxy) is 1. The Labute approximate surface area is 78.9 Å². The van der Waals surface area contributed by atoms with E-state index in [0.717, 1.165) is 13.0 Å². The molecule has 70 valence electrons. The van der Waals surface area contributed by atoms with Gasteiger partial charge in [-0.15, -0.1) is 0 Å². The van der Waals surface area contributed by atoms with Gasteiger partial charge in [0.1, 0.15) is 0 Å². The fourth-order valence-corrected chi connectivity index (χ4v) is 1.67. The maximum absolute atomic E-state index is 5.48. The molecule has 1 heterocycles. The first-order valence-corrected chi connectivity index (χ1v) is 4.79. The Bertz CT molecular complexity index is 260. The van der Waals surface area contributed by atoms with Crippen molar-refractivity contribution in [3.8, 4) is 0 Å². The lowest BCUT2D eigenvalue weighted by Crippen LogP contribution is -2.26. The fraction of sp³-hybridized carbons (Fsp3) is 0.455. The zero-order chi connectivity index (χ0) is 9.10. The number of hydrogen-bond acceptors (Lipinski definition) is 2. The molecule has 0 aromatic heterocycles. The van der Waals surface area contributed by atoms with Crippen LogP contribution in [-0.4, -0.2) is 18.8 Å². The molecule has 0 aliphatic carbocycles. The quantitative estimate of drug-likeness (QED) is 0.748. The van der Waals surface area contributed by atoms with Gasteiger partial charge in [0.2, 0.25) is 0 Å². The molecule has 0 bridgehead atoms. The predicted octanol–water partition coefficient (Wildman–Crippen LogP) is 2.28. The molecule has 2 nitrogen and oxygen atoms in total. The lowest BCUT2D eigenvalue weighted by atomic mass is 10.1. The average molecular weight is 177 g/mol. The van der Waals surface area contributed by atoms with Crippen LogP contribution in [0.25, 0.3) is 0 Å². The first kappa shape index (κ1) is 8.57. The largest absolute Gasteiger partial charge is 0.380 e. The summed E-state index contributed by atoms with van der Waals surface area (Å²) >= 11 is 0. The molecule has 0 unspecified atom stereocenters. The third kappa shape index (κ3) is 2.01. The fourth-order valence-electron chi connectivity index (χ4n) is 1.67. The second-order valence-corrected chi connectivity index (χ2v) is 3.48. The summed E-state index contributed by atoms with van der Waals surface area (Å²) in [5, 5.41) is 3.47. The van der Waals surface area contributed by atoms with Gasteiger partial charge in [-0.05, 0) is 25.5 Å². The summed E-state index contributed by atoms with van der Waals surface area (Å²) in [7, 11) is 0. The lowest BCUT2D eigenvalue weighted by molar-refractivity contribution is 0.121. The van der Waals surface area contributed by atoms with Crippen LogP contribution < -0.4 is 5.32 Å². The van der Waals surface area contributed by atoms with Crippen LogP contribution in [-0.2, 0) is 4.74 Å². The molecular weight excluding hydrogens is 162 g/mol. The van der Waals surface area contributed by atoms with E-state index in [4.69, 9.17) is 4.74 Å². The van der Waals surface area contributed by atoms with Crippen molar-refractivity contribution in [2.45, 2.75) is 25.5 Å². The van der Waals surface area contributed by atoms with Crippen LogP contribution in [0.3, 0.4) is 0 Å². The van der Waals surface area contributed by atoms with Crippen molar-refractivity contribution in [1.29, 1.82) is 0 Å². The smallest absolute Gasteiger partial charge is 0.0748 e. The molecule has 1 saturated heterocycles. The second-order valence-electron chi connectivity index (χ2n) is 3.48. The Hall–Kier alpha value is -1.02. The topological polar surface area (TPSA) is 21.3 Å². The van der Waals surface area contributed by atoms with E-state index < -0.39 is 0 Å². The molecule has 2 rings (SSSR count). The van der Waals surface area contributed by atoms with Crippen LogP contribution in [0, 0.1) is 0 Å². The molecule has 1 aromatic rings. The summed E-state index contributed by atoms with van der Waals surface area (Å²) in [4.78, 5) is 0. The number of nitrogens with one attached hydrogen (secondary N) is 1. The van der Waals surface area contributed by atoms with Gasteiger partial charge in [0, 0.05) is 12.3 Å². The summed E-state index contributed by atoms with van der Waals surface area (Å²) in [6.45, 7) is 3.00. The van der Waals surface area contributed by atoms with Crippen molar-refractivity contribution in [3.05, 3.63) is 30.3 Å². The number of para-hydroxylation sites is 1. The van der Waals surface area contributed by atoms with Crippen molar-refractivity contribution in [2.24, 2.45) is 0 Å². The van der Waals surface area contributed by atoms with E-state index in [-0.39, 0.29) is 0 Å². The van der Waals surface area contributed by atoms with E-state index in [1.54, 1.807) is 0 Å². The van der Waals surface area contributed by atoms with Crippen LogP contribution in [0.1, 0.15) is 13.3 Å². The molecule has 1 fully saturated rings. The molecule has 2 atom stereocenters. The van der Waals surface area contributed by atoms with Gasteiger partial charge in [-0.2, -0.15) is 0 Å². The normalized spacial score (nSPS) is 27.5. The van der Waals surface area contributed by atoms with Crippen molar-refractivity contribution < 1.29 is 4.74 Å². The predicted molar refractivity (Wildman–Crippen MR) is 53.9 cm³/mol. The SMILES string of the molecule is C[C@@H]1OCC[C@H]1Nc1ccccc1. The van der Waals surface area contributed by atoms with E-state index in [0.29, 0.717) is 12.1 Å². The average Bonchev–Trinajstić information content (AvgIpc) is 2.54. The maximum Gasteiger partial charge on any atom is 0.0748 e. The van der Waals surface area contributed by atoms with Gasteiger partial charge in [-0.25, -0.2) is 0 Å². The van der Waals surface area contributed by atoms with Crippen molar-refractivity contribution >= 4 is 5.69 Å². The van der Waals surface area contributed by atoms with Crippen molar-refractivity contribution in [2.75, 3.05) is 11.9 Å². The van der Waals surface area contributed by atoms with Crippen molar-refractivity contribution in [1.82, 2.24) is 0 Å². The van der Waals surface area contributed by atoms with Gasteiger partial charge in [0.05, 0.1) is 12.1 Å². The Balaban J connectivity index is 1.98. The van der Waals surface area contributed by atoms with E-state index in [9.17, 15) is 0 Å². The molecule has 2 heteroatoms. The molecule has 0 amide bonds. The Morgan fingerprint density at radius 3 is 2.69 bits per heavy atom. The molecule has 0 saturated carbocycles. The second kappa shape index (κ2) is 3.79. The molecule has 1 aliphatic rings. The van der Waals surface area contributed by atoms with E-state index >= 15 is 0 Å². The highest BCUT2D eigenvalue weighted by Gasteiger charge is 2.23. The third-order valence-corrected chi connectivity index (χ3v) is 2.50. The highest BCUT2D eigenvalue weighted by molar-refractivity contribution is 5.43. The van der Waals surface area contributed by atoms with Crippen LogP contribution >= 0.6 is 0 Å². The van der Waals surface area contributed by atoms with Gasteiger partial charge in [-0.1, -0.05) is 18.2 Å². The summed E-state index contributed by atoms with van der Waals surface area (Å²) < 4.78 is 5.48. The molecule has 1 N–H and O–H groups in total. The Kier molecular flexibility index (Phi) is 2.50. The van der Waals surface area contributed by atoms with Crippen LogP contribution in [0.15, 0.2) is 30.3 Å². The highest BCUT2D eigenvalue weighted by atomic mass is 16.5. The van der Waals surface area contributed by atoms with E-state index in [1.807, 2.05) is 18.2 Å². The minimum Gasteiger partial charge on any atom is -0.380 e. The highest BCUT2D eigenvalue weighted by Crippen LogP contribution is 2.18. The number of hydrogen-bond donors (Lipinski definition) is 1. The molecule has 1 aromatic carbocycles. The summed E-state index contributed by atoms with van der Waals surface area (Å²) in [5.74, 6) is 0. The van der Waals surface area contributed by atoms with Gasteiger partial charge in [0.25, 0.3) is 0 Å². The molecule has 1 aliphatic heterocycles. The van der Waals surface area contributed by atoms with Gasteiger partial charge in [-0.3, -0.25) is 0 Å². The van der Waals surface area contributed by atoms with Crippen molar-refractivity contribution in [3.63, 3.8) is 0 Å². The number of anilines is 1. The minimum absolute atomic E-state index is 0.334. The zero-order valence-electron chi connectivity index (χ0n) is 7.86. The Morgan fingerprint density at radius 1 is 1.31 bits per heavy atom. The Morgan fingerprint density at radius 2 is 2.08 bits per heavy atom. The standard InChI is InChI=1S/C11H15NO/c1-9-11(7-8-13-9)12-10-5-3-2-4-6-10/h2-6,9,11-12H,7-8H2,1H3/t9-,11+/m0/s1. The first-order chi connectivity index (χ1) is 6.36. The van der Waals surface area contributed by atoms with Gasteiger partial charge in [0.15, 0.2) is 0 Å². The van der Waals surface area contributed by atoms with E-state index in [2.05, 4.69) is 24.4 Å². The summed E-state index contributed by atoms with van der Waals surface area (Å²) in [6.07, 6.45) is 1.44. The maximum atomic E-state index is 5.48. The first-order valence-electron chi connectivity index (χ1n) is 4.79. The van der Waals surface area contributed by atoms with Gasteiger partial charge < -0.3 is 10.1 Å². The molecular formula is C11H15NO. The third-order valence-electron chi connectivity index (χ3n) is 2.50. The van der Waals surface area contributed by atoms with Crippen LogP contribution in [0.2, 0.25) is 0 Å². The molecule has 13 heavy (non-hydrogen) atoms. The summed E-state index contributed by atoms with van der Waals surface area (Å²) in [5.41, 5.74) is 1.19. The van der Waals surface area contributed by atoms with E-state index in [1.165, 1.54) is 5.69 Å². The summed E-state index contributed by atoms with van der Waals surface area (Å²) in [6, 6.07) is 10.8. The minimum atomic E-state index is 0.334. The van der Waals surface area contributed by atoms with Gasteiger partial charge >= 0.3 is 0 Å². The van der Waals surface area contributed by atoms with Crippen LogP contribution in [0.5, 0.6) is 0 Å². The molecule has 0 spiro atoms. The monoisotopic (exact) mass is 177 g/mol. The number of benzene rings is 1. The van der Waals surface area contributed by atoms with Crippen LogP contribution in [0.4, 0.5) is 5.69 Å². The molecule has 0 radical (unpaired) electrons. The zero-order valence-corrected chi connectivity index (χ0v) is 7.86. The number of rotatable bonds is 2.